The van der Waals surface area contributed by atoms with Crippen molar-refractivity contribution in [3.63, 3.8) is 0 Å². The molecule has 0 saturated heterocycles. The van der Waals surface area contributed by atoms with E-state index in [1.807, 2.05) is 6.07 Å². The van der Waals surface area contributed by atoms with Crippen molar-refractivity contribution in [1.82, 2.24) is 15.1 Å². The predicted molar refractivity (Wildman–Crippen MR) is 98.7 cm³/mol. The van der Waals surface area contributed by atoms with Crippen LogP contribution >= 0.6 is 0 Å². The van der Waals surface area contributed by atoms with Crippen molar-refractivity contribution < 1.29 is 18.0 Å². The van der Waals surface area contributed by atoms with Crippen LogP contribution in [0.25, 0.3) is 0 Å². The van der Waals surface area contributed by atoms with Crippen LogP contribution in [-0.4, -0.2) is 15.7 Å². The summed E-state index contributed by atoms with van der Waals surface area (Å²) in [6, 6.07) is 4.78. The fraction of sp³-hybridized carbons (Fsp3) is 0.524. The van der Waals surface area contributed by atoms with Crippen LogP contribution in [0.5, 0.6) is 0 Å². The number of halogens is 3. The molecule has 2 aliphatic carbocycles. The minimum atomic E-state index is -2.83. The van der Waals surface area contributed by atoms with Crippen LogP contribution in [0.2, 0.25) is 0 Å². The number of alkyl halides is 2. The number of rotatable bonds is 6. The van der Waals surface area contributed by atoms with E-state index in [9.17, 15) is 18.0 Å². The number of nitrogens with one attached hydrogen (secondary N) is 1. The van der Waals surface area contributed by atoms with Crippen LogP contribution in [0, 0.1) is 11.7 Å². The molecule has 1 aromatic heterocycles. The molecule has 1 N–H and O–H groups in total. The summed E-state index contributed by atoms with van der Waals surface area (Å²) >= 11 is 0. The van der Waals surface area contributed by atoms with Gasteiger partial charge in [-0.1, -0.05) is 25.8 Å². The van der Waals surface area contributed by atoms with E-state index < -0.39 is 23.6 Å². The Balaban J connectivity index is 1.74. The Labute approximate surface area is 162 Å². The summed E-state index contributed by atoms with van der Waals surface area (Å²) in [5, 5.41) is 6.80. The van der Waals surface area contributed by atoms with Crippen molar-refractivity contribution in [3.05, 3.63) is 52.6 Å². The second kappa shape index (κ2) is 6.94. The number of aromatic nitrogens is 2. The Morgan fingerprint density at radius 1 is 1.43 bits per heavy atom. The lowest BCUT2D eigenvalue weighted by Crippen LogP contribution is -2.47. The van der Waals surface area contributed by atoms with Crippen LogP contribution in [0.1, 0.15) is 78.6 Å². The first-order valence-corrected chi connectivity index (χ1v) is 9.81. The molecule has 0 aliphatic heterocycles. The Bertz CT molecular complexity index is 910. The van der Waals surface area contributed by atoms with Gasteiger partial charge in [0.05, 0.1) is 11.1 Å². The number of hydrogen-bond acceptors (Lipinski definition) is 2. The second-order valence-corrected chi connectivity index (χ2v) is 7.95. The van der Waals surface area contributed by atoms with Gasteiger partial charge in [-0.3, -0.25) is 9.48 Å². The van der Waals surface area contributed by atoms with E-state index in [1.165, 1.54) is 30.1 Å². The summed E-state index contributed by atoms with van der Waals surface area (Å²) in [4.78, 5) is 13.0. The van der Waals surface area contributed by atoms with Gasteiger partial charge in [-0.2, -0.15) is 5.10 Å². The normalized spacial score (nSPS) is 25.4. The first-order valence-electron chi connectivity index (χ1n) is 9.81. The number of carbonyl (C=O) groups is 1. The van der Waals surface area contributed by atoms with Gasteiger partial charge in [0, 0.05) is 13.2 Å². The third kappa shape index (κ3) is 2.83. The highest BCUT2D eigenvalue weighted by atomic mass is 19.3. The van der Waals surface area contributed by atoms with E-state index >= 15 is 0 Å². The number of hydrogen-bond donors (Lipinski definition) is 1. The third-order valence-electron chi connectivity index (χ3n) is 6.38. The molecule has 4 nitrogen and oxygen atoms in total. The summed E-state index contributed by atoms with van der Waals surface area (Å²) < 4.78 is 41.9. The SMILES string of the molecule is CCCCC1C2CCC1(NC(=O)c1cn(C)nc1C(F)F)c1cc(F)ccc12. The summed E-state index contributed by atoms with van der Waals surface area (Å²) in [6.07, 6.45) is 3.02. The molecule has 2 bridgehead atoms. The van der Waals surface area contributed by atoms with Crippen LogP contribution < -0.4 is 5.32 Å². The molecule has 28 heavy (non-hydrogen) atoms. The molecule has 7 heteroatoms. The predicted octanol–water partition coefficient (Wildman–Crippen LogP) is 4.82. The van der Waals surface area contributed by atoms with E-state index in [0.29, 0.717) is 6.42 Å². The molecule has 4 rings (SSSR count). The Kier molecular flexibility index (Phi) is 4.71. The Hall–Kier alpha value is -2.31. The van der Waals surface area contributed by atoms with E-state index in [4.69, 9.17) is 0 Å². The maximum absolute atomic E-state index is 14.0. The lowest BCUT2D eigenvalue weighted by Gasteiger charge is -2.34. The molecule has 0 spiro atoms. The van der Waals surface area contributed by atoms with Crippen LogP contribution in [-0.2, 0) is 12.6 Å². The van der Waals surface area contributed by atoms with Crippen molar-refractivity contribution in [2.75, 3.05) is 0 Å². The summed E-state index contributed by atoms with van der Waals surface area (Å²) in [6.45, 7) is 2.11. The molecule has 1 heterocycles. The van der Waals surface area contributed by atoms with Crippen molar-refractivity contribution in [3.8, 4) is 0 Å². The zero-order valence-corrected chi connectivity index (χ0v) is 16.0. The van der Waals surface area contributed by atoms with E-state index in [1.54, 1.807) is 0 Å². The van der Waals surface area contributed by atoms with Crippen LogP contribution in [0.4, 0.5) is 13.2 Å². The minimum absolute atomic E-state index is 0.116. The molecule has 150 valence electrons. The average molecular weight is 391 g/mol. The monoisotopic (exact) mass is 391 g/mol. The molecule has 2 aliphatic rings. The molecular formula is C21H24F3N3O. The topological polar surface area (TPSA) is 46.9 Å². The highest BCUT2D eigenvalue weighted by molar-refractivity contribution is 5.96. The molecule has 1 saturated carbocycles. The highest BCUT2D eigenvalue weighted by Gasteiger charge is 2.57. The number of unbranched alkanes of at least 4 members (excludes halogenated alkanes) is 1. The Morgan fingerprint density at radius 2 is 2.21 bits per heavy atom. The standard InChI is InChI=1S/C21H24F3N3O/c1-3-4-5-16-14-8-9-21(16,17-10-12(22)6-7-13(14)17)25-20(28)15-11-27(2)26-18(15)19(23)24/h6-7,10-11,14,16,19H,3-5,8-9H2,1-2H3,(H,25,28). The number of aryl methyl sites for hydroxylation is 1. The number of nitrogens with zero attached hydrogens (tertiary/aromatic N) is 2. The molecule has 1 amide bonds. The zero-order chi connectivity index (χ0) is 20.1. The van der Waals surface area contributed by atoms with Gasteiger partial charge in [0.15, 0.2) is 0 Å². The zero-order valence-electron chi connectivity index (χ0n) is 16.0. The lowest BCUT2D eigenvalue weighted by atomic mass is 9.81. The molecule has 2 aromatic rings. The number of benzene rings is 1. The highest BCUT2D eigenvalue weighted by Crippen LogP contribution is 2.61. The van der Waals surface area contributed by atoms with Crippen molar-refractivity contribution in [2.24, 2.45) is 13.0 Å². The first-order chi connectivity index (χ1) is 13.4. The fourth-order valence-electron chi connectivity index (χ4n) is 5.26. The number of carbonyl (C=O) groups excluding carboxylic acids is 1. The molecular weight excluding hydrogens is 367 g/mol. The van der Waals surface area contributed by atoms with Crippen LogP contribution in [0.3, 0.4) is 0 Å². The van der Waals surface area contributed by atoms with Crippen LogP contribution in [0.15, 0.2) is 24.4 Å². The van der Waals surface area contributed by atoms with E-state index in [2.05, 4.69) is 17.3 Å². The summed E-state index contributed by atoms with van der Waals surface area (Å²) in [5.41, 5.74) is 0.543. The van der Waals surface area contributed by atoms with E-state index in [0.717, 1.165) is 36.8 Å². The number of fused-ring (bicyclic) bond motifs is 5. The van der Waals surface area contributed by atoms with Gasteiger partial charge in [0.1, 0.15) is 11.5 Å². The largest absolute Gasteiger partial charge is 0.342 e. The molecule has 1 aromatic carbocycles. The van der Waals surface area contributed by atoms with E-state index in [-0.39, 0.29) is 23.2 Å². The number of amides is 1. The molecule has 3 atom stereocenters. The van der Waals surface area contributed by atoms with Gasteiger partial charge in [-0.05, 0) is 54.4 Å². The van der Waals surface area contributed by atoms with Crippen molar-refractivity contribution in [2.45, 2.75) is 56.9 Å². The second-order valence-electron chi connectivity index (χ2n) is 7.95. The fourth-order valence-corrected chi connectivity index (χ4v) is 5.26. The lowest BCUT2D eigenvalue weighted by molar-refractivity contribution is 0.0855. The van der Waals surface area contributed by atoms with Crippen molar-refractivity contribution >= 4 is 5.91 Å². The van der Waals surface area contributed by atoms with Gasteiger partial charge in [0.25, 0.3) is 12.3 Å². The Morgan fingerprint density at radius 3 is 2.93 bits per heavy atom. The smallest absolute Gasteiger partial charge is 0.282 e. The van der Waals surface area contributed by atoms with Crippen molar-refractivity contribution in [1.29, 1.82) is 0 Å². The first kappa shape index (κ1) is 19.0. The summed E-state index contributed by atoms with van der Waals surface area (Å²) in [5.74, 6) is -0.489. The van der Waals surface area contributed by atoms with Gasteiger partial charge >= 0.3 is 0 Å². The maximum atomic E-state index is 14.0. The van der Waals surface area contributed by atoms with Gasteiger partial charge < -0.3 is 5.32 Å². The van der Waals surface area contributed by atoms with Gasteiger partial charge in [0.2, 0.25) is 0 Å². The molecule has 0 radical (unpaired) electrons. The molecule has 1 fully saturated rings. The maximum Gasteiger partial charge on any atom is 0.282 e. The van der Waals surface area contributed by atoms with Gasteiger partial charge in [-0.25, -0.2) is 13.2 Å². The molecule has 3 unspecified atom stereocenters. The average Bonchev–Trinajstić information content (AvgIpc) is 3.28. The minimum Gasteiger partial charge on any atom is -0.342 e. The summed E-state index contributed by atoms with van der Waals surface area (Å²) in [7, 11) is 1.51. The third-order valence-corrected chi connectivity index (χ3v) is 6.38. The van der Waals surface area contributed by atoms with Gasteiger partial charge in [-0.15, -0.1) is 0 Å². The quantitative estimate of drug-likeness (QED) is 0.767.